The molecule has 0 fully saturated rings. The zero-order valence-electron chi connectivity index (χ0n) is 25.5. The van der Waals surface area contributed by atoms with Gasteiger partial charge in [0.05, 0.1) is 24.0 Å². The first-order valence-electron chi connectivity index (χ1n) is 16.0. The third-order valence-corrected chi connectivity index (χ3v) is 10.5. The van der Waals surface area contributed by atoms with E-state index in [0.29, 0.717) is 17.9 Å². The third kappa shape index (κ3) is 4.19. The maximum Gasteiger partial charge on any atom is 0.107 e. The number of nitrogens with zero attached hydrogens (tertiary/aromatic N) is 2. The molecule has 3 atom stereocenters. The van der Waals surface area contributed by atoms with Crippen molar-refractivity contribution in [1.82, 2.24) is 9.88 Å². The Morgan fingerprint density at radius 3 is 2.60 bits per heavy atom. The number of hydrogen-bond acceptors (Lipinski definition) is 3. The molecule has 1 aromatic heterocycles. The van der Waals surface area contributed by atoms with Crippen LogP contribution in [0.1, 0.15) is 57.2 Å². The standard InChI is InChI=1S/C40H40N2O/c1-40(2)33-20-22-35(28-17-11-6-12-18-28)42(3)37(33)36-30-23-24-43-38(30)31(26-13-7-4-8-14-26)25-32(36)29-19-21-34(41-39(29)40)27-15-9-5-10-16-27/h4-7,9-13,15-17,19-22,28,31,35H,8,14,18,23-25H2,1-3H3. The molecule has 8 rings (SSSR count). The number of pyridine rings is 1. The van der Waals surface area contributed by atoms with Crippen molar-refractivity contribution in [3.8, 4) is 11.3 Å². The summed E-state index contributed by atoms with van der Waals surface area (Å²) in [6.07, 6.45) is 26.1. The van der Waals surface area contributed by atoms with Crippen molar-refractivity contribution in [2.45, 2.75) is 57.4 Å². The van der Waals surface area contributed by atoms with E-state index in [4.69, 9.17) is 9.72 Å². The van der Waals surface area contributed by atoms with E-state index in [1.165, 1.54) is 50.6 Å². The van der Waals surface area contributed by atoms with Gasteiger partial charge in [0.15, 0.2) is 0 Å². The zero-order valence-corrected chi connectivity index (χ0v) is 25.5. The summed E-state index contributed by atoms with van der Waals surface area (Å²) in [6, 6.07) is 15.6. The number of rotatable bonds is 3. The van der Waals surface area contributed by atoms with Gasteiger partial charge in [-0.15, -0.1) is 0 Å². The van der Waals surface area contributed by atoms with Crippen molar-refractivity contribution in [3.63, 3.8) is 0 Å². The van der Waals surface area contributed by atoms with Gasteiger partial charge in [-0.1, -0.05) is 111 Å². The van der Waals surface area contributed by atoms with Crippen LogP contribution < -0.4 is 0 Å². The second-order valence-corrected chi connectivity index (χ2v) is 13.3. The number of hydrogen-bond donors (Lipinski definition) is 0. The lowest BCUT2D eigenvalue weighted by Crippen LogP contribution is -2.41. The van der Waals surface area contributed by atoms with Crippen LogP contribution in [0.3, 0.4) is 0 Å². The van der Waals surface area contributed by atoms with Gasteiger partial charge in [-0.2, -0.15) is 0 Å². The maximum absolute atomic E-state index is 6.57. The van der Waals surface area contributed by atoms with E-state index in [1.54, 1.807) is 0 Å². The summed E-state index contributed by atoms with van der Waals surface area (Å²) in [5.74, 6) is 1.96. The second kappa shape index (κ2) is 10.3. The number of likely N-dealkylation sites (N-methyl/N-ethyl adjacent to an activating group) is 1. The molecule has 3 nitrogen and oxygen atoms in total. The van der Waals surface area contributed by atoms with Crippen molar-refractivity contribution in [2.75, 3.05) is 13.7 Å². The van der Waals surface area contributed by atoms with E-state index in [-0.39, 0.29) is 5.41 Å². The Bertz CT molecular complexity index is 1740. The van der Waals surface area contributed by atoms with Crippen molar-refractivity contribution >= 4 is 5.57 Å². The lowest BCUT2D eigenvalue weighted by atomic mass is 9.74. The van der Waals surface area contributed by atoms with E-state index < -0.39 is 0 Å². The molecule has 0 saturated carbocycles. The minimum absolute atomic E-state index is 0.284. The van der Waals surface area contributed by atoms with E-state index >= 15 is 0 Å². The average molecular weight is 565 g/mol. The van der Waals surface area contributed by atoms with Crippen molar-refractivity contribution in [2.24, 2.45) is 11.8 Å². The average Bonchev–Trinajstić information content (AvgIpc) is 3.52. The Labute approximate surface area is 256 Å². The monoisotopic (exact) mass is 564 g/mol. The Hall–Kier alpha value is -4.11. The van der Waals surface area contributed by atoms with Gasteiger partial charge in [0.1, 0.15) is 5.76 Å². The van der Waals surface area contributed by atoms with Crippen molar-refractivity contribution < 1.29 is 4.74 Å². The zero-order chi connectivity index (χ0) is 29.1. The Kier molecular flexibility index (Phi) is 6.33. The van der Waals surface area contributed by atoms with Crippen molar-refractivity contribution in [1.29, 1.82) is 0 Å². The summed E-state index contributed by atoms with van der Waals surface area (Å²) < 4.78 is 6.57. The number of benzene rings is 1. The lowest BCUT2D eigenvalue weighted by Gasteiger charge is -2.42. The van der Waals surface area contributed by atoms with Crippen molar-refractivity contribution in [3.05, 3.63) is 142 Å². The summed E-state index contributed by atoms with van der Waals surface area (Å²) in [4.78, 5) is 8.11. The molecule has 2 aliphatic heterocycles. The summed E-state index contributed by atoms with van der Waals surface area (Å²) >= 11 is 0. The molecule has 0 amide bonds. The van der Waals surface area contributed by atoms with Gasteiger partial charge in [-0.05, 0) is 42.9 Å². The molecule has 3 heteroatoms. The highest BCUT2D eigenvalue weighted by Gasteiger charge is 2.46. The molecule has 0 bridgehead atoms. The summed E-state index contributed by atoms with van der Waals surface area (Å²) in [7, 11) is 2.33. The first-order valence-corrected chi connectivity index (χ1v) is 16.0. The molecular weight excluding hydrogens is 524 g/mol. The molecule has 3 unspecified atom stereocenters. The third-order valence-electron chi connectivity index (χ3n) is 10.5. The molecule has 2 aromatic rings. The molecule has 1 aromatic carbocycles. The highest BCUT2D eigenvalue weighted by atomic mass is 16.5. The second-order valence-electron chi connectivity index (χ2n) is 13.3. The van der Waals surface area contributed by atoms with Crippen LogP contribution >= 0.6 is 0 Å². The minimum Gasteiger partial charge on any atom is -0.497 e. The van der Waals surface area contributed by atoms with E-state index in [1.807, 2.05) is 0 Å². The highest BCUT2D eigenvalue weighted by molar-refractivity contribution is 5.85. The van der Waals surface area contributed by atoms with Gasteiger partial charge in [-0.25, -0.2) is 0 Å². The smallest absolute Gasteiger partial charge is 0.107 e. The number of fused-ring (bicyclic) bond motifs is 4. The lowest BCUT2D eigenvalue weighted by molar-refractivity contribution is 0.214. The van der Waals surface area contributed by atoms with Crippen LogP contribution in [0.2, 0.25) is 0 Å². The van der Waals surface area contributed by atoms with Crippen LogP contribution in [0, 0.1) is 11.8 Å². The highest BCUT2D eigenvalue weighted by Crippen LogP contribution is 2.56. The summed E-state index contributed by atoms with van der Waals surface area (Å²) in [5.41, 5.74) is 12.9. The first-order chi connectivity index (χ1) is 21.0. The normalized spacial score (nSPS) is 26.9. The molecule has 0 radical (unpaired) electrons. The Morgan fingerprint density at radius 2 is 1.81 bits per heavy atom. The fourth-order valence-electron chi connectivity index (χ4n) is 8.27. The summed E-state index contributed by atoms with van der Waals surface area (Å²) in [5, 5.41) is 0. The molecule has 3 heterocycles. The SMILES string of the molecule is CN1C2=C(C=CC1C1C=CC=CC1)C(C)(C)c1nc(-c3ccccc3)ccc1C1=C2C2=C(OCC2)C(C2=CC=CCC2)C1. The molecule has 0 N–H and O–H groups in total. The molecule has 0 spiro atoms. The fourth-order valence-corrected chi connectivity index (χ4v) is 8.27. The first kappa shape index (κ1) is 26.5. The van der Waals surface area contributed by atoms with Crippen LogP contribution in [0.5, 0.6) is 0 Å². The quantitative estimate of drug-likeness (QED) is 0.372. The molecule has 0 saturated heterocycles. The van der Waals surface area contributed by atoms with Gasteiger partial charge >= 0.3 is 0 Å². The van der Waals surface area contributed by atoms with Gasteiger partial charge in [0, 0.05) is 58.7 Å². The van der Waals surface area contributed by atoms with Crippen LogP contribution in [0.4, 0.5) is 0 Å². The summed E-state index contributed by atoms with van der Waals surface area (Å²) in [6.45, 7) is 5.54. The van der Waals surface area contributed by atoms with Crippen LogP contribution in [-0.2, 0) is 10.2 Å². The van der Waals surface area contributed by atoms with Crippen LogP contribution in [0.25, 0.3) is 16.8 Å². The number of aromatic nitrogens is 1. The van der Waals surface area contributed by atoms with Gasteiger partial charge in [0.25, 0.3) is 0 Å². The molecule has 43 heavy (non-hydrogen) atoms. The Morgan fingerprint density at radius 1 is 0.930 bits per heavy atom. The topological polar surface area (TPSA) is 25.4 Å². The van der Waals surface area contributed by atoms with Crippen LogP contribution in [-0.4, -0.2) is 29.6 Å². The number of ether oxygens (including phenoxy) is 1. The predicted octanol–water partition coefficient (Wildman–Crippen LogP) is 9.02. The van der Waals surface area contributed by atoms with Gasteiger partial charge < -0.3 is 9.64 Å². The molecule has 4 aliphatic carbocycles. The van der Waals surface area contributed by atoms with E-state index in [0.717, 1.165) is 50.0 Å². The predicted molar refractivity (Wildman–Crippen MR) is 176 cm³/mol. The van der Waals surface area contributed by atoms with Crippen LogP contribution in [0.15, 0.2) is 131 Å². The Balaban J connectivity index is 1.37. The van der Waals surface area contributed by atoms with E-state index in [9.17, 15) is 0 Å². The molecule has 216 valence electrons. The minimum atomic E-state index is -0.284. The largest absolute Gasteiger partial charge is 0.497 e. The van der Waals surface area contributed by atoms with Gasteiger partial charge in [0.2, 0.25) is 0 Å². The fraction of sp³-hybridized carbons (Fsp3) is 0.325. The van der Waals surface area contributed by atoms with E-state index in [2.05, 4.69) is 123 Å². The molecule has 6 aliphatic rings. The number of allylic oxidation sites excluding steroid dienone is 11. The maximum atomic E-state index is 6.57. The molecular formula is C40H40N2O. The van der Waals surface area contributed by atoms with Gasteiger partial charge in [-0.3, -0.25) is 4.98 Å².